The maximum Gasteiger partial charge on any atom is 0.339 e. The summed E-state index contributed by atoms with van der Waals surface area (Å²) in [6, 6.07) is 6.97. The van der Waals surface area contributed by atoms with E-state index in [1.54, 1.807) is 18.2 Å². The average Bonchev–Trinajstić information content (AvgIpc) is 2.68. The van der Waals surface area contributed by atoms with E-state index in [9.17, 15) is 14.9 Å². The van der Waals surface area contributed by atoms with Crippen LogP contribution >= 0.6 is 0 Å². The van der Waals surface area contributed by atoms with E-state index in [4.69, 9.17) is 14.2 Å². The van der Waals surface area contributed by atoms with Crippen molar-refractivity contribution >= 4 is 11.9 Å². The normalized spacial score (nSPS) is 18.9. The Morgan fingerprint density at radius 2 is 1.88 bits per heavy atom. The van der Waals surface area contributed by atoms with Crippen LogP contribution in [0.2, 0.25) is 0 Å². The molecule has 1 atom stereocenters. The lowest BCUT2D eigenvalue weighted by Crippen LogP contribution is -2.52. The second kappa shape index (κ2) is 7.65. The minimum Gasteiger partial charge on any atom is -0.486 e. The first-order valence-corrected chi connectivity index (χ1v) is 8.87. The molecule has 1 amide bonds. The average molecular weight is 358 g/mol. The smallest absolute Gasteiger partial charge is 0.339 e. The van der Waals surface area contributed by atoms with Gasteiger partial charge < -0.3 is 19.5 Å². The molecule has 0 bridgehead atoms. The number of fused-ring (bicyclic) bond motifs is 1. The number of carbonyl (C=O) groups is 2. The van der Waals surface area contributed by atoms with E-state index < -0.39 is 23.5 Å². The molecule has 3 rings (SSSR count). The third-order valence-corrected chi connectivity index (χ3v) is 4.71. The fourth-order valence-electron chi connectivity index (χ4n) is 3.21. The molecule has 7 nitrogen and oxygen atoms in total. The van der Waals surface area contributed by atoms with Gasteiger partial charge in [0.15, 0.2) is 17.6 Å². The van der Waals surface area contributed by atoms with Crippen molar-refractivity contribution in [1.29, 1.82) is 5.26 Å². The summed E-state index contributed by atoms with van der Waals surface area (Å²) in [6.07, 6.45) is 3.12. The van der Waals surface area contributed by atoms with Crippen molar-refractivity contribution in [3.63, 3.8) is 0 Å². The van der Waals surface area contributed by atoms with Gasteiger partial charge in [-0.25, -0.2) is 4.79 Å². The Kier molecular flexibility index (Phi) is 5.31. The third-order valence-electron chi connectivity index (χ3n) is 4.71. The highest BCUT2D eigenvalue weighted by atomic mass is 16.6. The van der Waals surface area contributed by atoms with E-state index in [1.807, 2.05) is 0 Å². The van der Waals surface area contributed by atoms with Crippen molar-refractivity contribution in [1.82, 2.24) is 5.32 Å². The number of nitriles is 1. The predicted molar refractivity (Wildman–Crippen MR) is 91.9 cm³/mol. The monoisotopic (exact) mass is 358 g/mol. The van der Waals surface area contributed by atoms with Gasteiger partial charge in [0.2, 0.25) is 0 Å². The van der Waals surface area contributed by atoms with Gasteiger partial charge in [-0.05, 0) is 38.0 Å². The summed E-state index contributed by atoms with van der Waals surface area (Å²) in [5.41, 5.74) is -0.575. The zero-order chi connectivity index (χ0) is 18.6. The second-order valence-electron chi connectivity index (χ2n) is 6.65. The molecule has 1 aliphatic carbocycles. The number of amides is 1. The van der Waals surface area contributed by atoms with Crippen LogP contribution in [0.5, 0.6) is 11.5 Å². The fraction of sp³-hybridized carbons (Fsp3) is 0.526. The van der Waals surface area contributed by atoms with Gasteiger partial charge in [0, 0.05) is 0 Å². The van der Waals surface area contributed by atoms with E-state index in [2.05, 4.69) is 11.4 Å². The molecule has 26 heavy (non-hydrogen) atoms. The van der Waals surface area contributed by atoms with Gasteiger partial charge in [0.25, 0.3) is 5.91 Å². The highest BCUT2D eigenvalue weighted by Crippen LogP contribution is 2.31. The van der Waals surface area contributed by atoms with Gasteiger partial charge in [0.1, 0.15) is 18.8 Å². The van der Waals surface area contributed by atoms with Crippen LogP contribution in [-0.4, -0.2) is 36.7 Å². The molecule has 1 fully saturated rings. The SMILES string of the molecule is C[C@@H](OC(=O)c1ccc2c(c1)OCCO2)C(=O)NC1(C#N)CCCCC1. The molecule has 1 N–H and O–H groups in total. The number of nitrogens with zero attached hydrogens (tertiary/aromatic N) is 1. The molecule has 138 valence electrons. The van der Waals surface area contributed by atoms with Gasteiger partial charge >= 0.3 is 5.97 Å². The number of benzene rings is 1. The quantitative estimate of drug-likeness (QED) is 0.830. The number of nitrogens with one attached hydrogen (secondary N) is 1. The largest absolute Gasteiger partial charge is 0.486 e. The first-order valence-electron chi connectivity index (χ1n) is 8.87. The number of carbonyl (C=O) groups excluding carboxylic acids is 2. The molecule has 1 aliphatic heterocycles. The van der Waals surface area contributed by atoms with Crippen molar-refractivity contribution in [2.75, 3.05) is 13.2 Å². The topological polar surface area (TPSA) is 97.7 Å². The molecular weight excluding hydrogens is 336 g/mol. The molecular formula is C19H22N2O5. The molecule has 1 aromatic rings. The van der Waals surface area contributed by atoms with Crippen LogP contribution in [0.25, 0.3) is 0 Å². The maximum absolute atomic E-state index is 12.4. The highest BCUT2D eigenvalue weighted by Gasteiger charge is 2.35. The summed E-state index contributed by atoms with van der Waals surface area (Å²) in [5.74, 6) is -0.0288. The zero-order valence-corrected chi connectivity index (χ0v) is 14.7. The number of ether oxygens (including phenoxy) is 3. The number of hydrogen-bond donors (Lipinski definition) is 1. The van der Waals surface area contributed by atoms with Gasteiger partial charge in [-0.2, -0.15) is 5.26 Å². The third kappa shape index (κ3) is 3.90. The molecule has 1 saturated carbocycles. The Bertz CT molecular complexity index is 734. The van der Waals surface area contributed by atoms with Gasteiger partial charge in [0.05, 0.1) is 11.6 Å². The van der Waals surface area contributed by atoms with E-state index in [-0.39, 0.29) is 5.56 Å². The molecule has 2 aliphatic rings. The molecule has 1 heterocycles. The number of rotatable bonds is 4. The second-order valence-corrected chi connectivity index (χ2v) is 6.65. The molecule has 0 radical (unpaired) electrons. The van der Waals surface area contributed by atoms with Crippen molar-refractivity contribution in [2.45, 2.75) is 50.7 Å². The van der Waals surface area contributed by atoms with Crippen molar-refractivity contribution in [3.8, 4) is 17.6 Å². The minimum atomic E-state index is -0.997. The van der Waals surface area contributed by atoms with E-state index in [0.717, 1.165) is 19.3 Å². The maximum atomic E-state index is 12.4. The van der Waals surface area contributed by atoms with Crippen LogP contribution in [0.4, 0.5) is 0 Å². The van der Waals surface area contributed by atoms with E-state index in [1.165, 1.54) is 6.92 Å². The van der Waals surface area contributed by atoms with Crippen LogP contribution in [0, 0.1) is 11.3 Å². The van der Waals surface area contributed by atoms with E-state index >= 15 is 0 Å². The van der Waals surface area contributed by atoms with Gasteiger partial charge in [-0.15, -0.1) is 0 Å². The standard InChI is InChI=1S/C19H22N2O5/c1-13(17(22)21-19(12-20)7-3-2-4-8-19)26-18(23)14-5-6-15-16(11-14)25-10-9-24-15/h5-6,11,13H,2-4,7-10H2,1H3,(H,21,22)/t13-/m1/s1. The van der Waals surface area contributed by atoms with E-state index in [0.29, 0.717) is 37.6 Å². The van der Waals surface area contributed by atoms with Gasteiger partial charge in [-0.3, -0.25) is 4.79 Å². The van der Waals surface area contributed by atoms with Crippen molar-refractivity contribution in [3.05, 3.63) is 23.8 Å². The lowest BCUT2D eigenvalue weighted by atomic mass is 9.83. The first-order chi connectivity index (χ1) is 12.5. The molecule has 0 unspecified atom stereocenters. The summed E-state index contributed by atoms with van der Waals surface area (Å²) >= 11 is 0. The van der Waals surface area contributed by atoms with Crippen LogP contribution in [0.1, 0.15) is 49.4 Å². The predicted octanol–water partition coefficient (Wildman–Crippen LogP) is 2.35. The van der Waals surface area contributed by atoms with Crippen LogP contribution in [-0.2, 0) is 9.53 Å². The van der Waals surface area contributed by atoms with Crippen molar-refractivity contribution < 1.29 is 23.8 Å². The van der Waals surface area contributed by atoms with Crippen molar-refractivity contribution in [2.24, 2.45) is 0 Å². The van der Waals surface area contributed by atoms with Gasteiger partial charge in [-0.1, -0.05) is 19.3 Å². The van der Waals surface area contributed by atoms with Crippen LogP contribution in [0.3, 0.4) is 0 Å². The lowest BCUT2D eigenvalue weighted by molar-refractivity contribution is -0.130. The molecule has 1 aromatic carbocycles. The summed E-state index contributed by atoms with van der Waals surface area (Å²) in [7, 11) is 0. The summed E-state index contributed by atoms with van der Waals surface area (Å²) in [6.45, 7) is 2.38. The molecule has 0 saturated heterocycles. The molecule has 0 spiro atoms. The Labute approximate surface area is 152 Å². The first kappa shape index (κ1) is 18.1. The number of esters is 1. The minimum absolute atomic E-state index is 0.279. The Balaban J connectivity index is 1.61. The Hall–Kier alpha value is -2.75. The highest BCUT2D eigenvalue weighted by molar-refractivity contribution is 5.93. The fourth-order valence-corrected chi connectivity index (χ4v) is 3.21. The summed E-state index contributed by atoms with van der Waals surface area (Å²) in [5, 5.41) is 12.2. The zero-order valence-electron chi connectivity index (χ0n) is 14.7. The number of hydrogen-bond acceptors (Lipinski definition) is 6. The molecule has 7 heteroatoms. The lowest BCUT2D eigenvalue weighted by Gasteiger charge is -2.32. The summed E-state index contributed by atoms with van der Waals surface area (Å²) in [4.78, 5) is 24.7. The summed E-state index contributed by atoms with van der Waals surface area (Å²) < 4.78 is 16.1. The Morgan fingerprint density at radius 1 is 1.19 bits per heavy atom. The molecule has 0 aromatic heterocycles. The van der Waals surface area contributed by atoms with Crippen LogP contribution in [0.15, 0.2) is 18.2 Å². The Morgan fingerprint density at radius 3 is 2.58 bits per heavy atom. The van der Waals surface area contributed by atoms with Crippen LogP contribution < -0.4 is 14.8 Å².